The summed E-state index contributed by atoms with van der Waals surface area (Å²) >= 11 is 5.78. The maximum Gasteiger partial charge on any atom is 0.278 e. The SMILES string of the molecule is Cn1cnn2ccc(Cl)c2c1=O. The third-order valence-electron chi connectivity index (χ3n) is 1.69. The molecule has 0 radical (unpaired) electrons. The van der Waals surface area contributed by atoms with E-state index in [-0.39, 0.29) is 5.56 Å². The van der Waals surface area contributed by atoms with Gasteiger partial charge in [0.25, 0.3) is 5.56 Å². The standard InChI is InChI=1S/C7H6ClN3O/c1-10-4-9-11-3-2-5(8)6(11)7(10)12/h2-4H,1H3. The lowest BCUT2D eigenvalue weighted by molar-refractivity contribution is 0.764. The van der Waals surface area contributed by atoms with Crippen LogP contribution in [-0.2, 0) is 7.05 Å². The van der Waals surface area contributed by atoms with E-state index in [2.05, 4.69) is 5.10 Å². The Morgan fingerprint density at radius 3 is 3.08 bits per heavy atom. The van der Waals surface area contributed by atoms with Crippen LogP contribution in [-0.4, -0.2) is 14.2 Å². The summed E-state index contributed by atoms with van der Waals surface area (Å²) in [4.78, 5) is 11.4. The van der Waals surface area contributed by atoms with E-state index < -0.39 is 0 Å². The monoisotopic (exact) mass is 183 g/mol. The van der Waals surface area contributed by atoms with E-state index >= 15 is 0 Å². The van der Waals surface area contributed by atoms with E-state index in [9.17, 15) is 4.79 Å². The number of rotatable bonds is 0. The minimum atomic E-state index is -0.139. The summed E-state index contributed by atoms with van der Waals surface area (Å²) in [5.41, 5.74) is 0.279. The molecule has 0 aromatic carbocycles. The van der Waals surface area contributed by atoms with Crippen LogP contribution in [0.1, 0.15) is 0 Å². The van der Waals surface area contributed by atoms with Crippen LogP contribution in [0.5, 0.6) is 0 Å². The van der Waals surface area contributed by atoms with Gasteiger partial charge in [-0.05, 0) is 6.07 Å². The molecule has 0 spiro atoms. The largest absolute Gasteiger partial charge is 0.299 e. The molecule has 4 nitrogen and oxygen atoms in total. The highest BCUT2D eigenvalue weighted by atomic mass is 35.5. The molecule has 12 heavy (non-hydrogen) atoms. The third kappa shape index (κ3) is 0.848. The summed E-state index contributed by atoms with van der Waals surface area (Å²) in [6, 6.07) is 1.64. The van der Waals surface area contributed by atoms with Crippen molar-refractivity contribution >= 4 is 17.1 Å². The van der Waals surface area contributed by atoms with Gasteiger partial charge in [-0.2, -0.15) is 5.10 Å². The van der Waals surface area contributed by atoms with Gasteiger partial charge in [0, 0.05) is 13.2 Å². The Kier molecular flexibility index (Phi) is 1.44. The first-order valence-corrected chi connectivity index (χ1v) is 3.76. The normalized spacial score (nSPS) is 10.8. The van der Waals surface area contributed by atoms with Gasteiger partial charge < -0.3 is 0 Å². The van der Waals surface area contributed by atoms with Gasteiger partial charge in [-0.25, -0.2) is 4.52 Å². The highest BCUT2D eigenvalue weighted by molar-refractivity contribution is 6.33. The smallest absolute Gasteiger partial charge is 0.278 e. The van der Waals surface area contributed by atoms with E-state index in [1.165, 1.54) is 15.4 Å². The quantitative estimate of drug-likeness (QED) is 0.603. The lowest BCUT2D eigenvalue weighted by Crippen LogP contribution is -2.19. The predicted octanol–water partition coefficient (Wildman–Crippen LogP) is 0.686. The van der Waals surface area contributed by atoms with Gasteiger partial charge in [-0.1, -0.05) is 11.6 Å². The molecule has 0 atom stereocenters. The molecule has 0 saturated carbocycles. The lowest BCUT2D eigenvalue weighted by atomic mass is 10.5. The zero-order valence-corrected chi connectivity index (χ0v) is 7.12. The Morgan fingerprint density at radius 1 is 1.58 bits per heavy atom. The van der Waals surface area contributed by atoms with Gasteiger partial charge in [0.15, 0.2) is 0 Å². The van der Waals surface area contributed by atoms with Crippen LogP contribution in [0, 0.1) is 0 Å². The molecule has 2 rings (SSSR count). The van der Waals surface area contributed by atoms with Crippen LogP contribution in [0.15, 0.2) is 23.4 Å². The maximum atomic E-state index is 11.4. The van der Waals surface area contributed by atoms with Crippen molar-refractivity contribution in [2.45, 2.75) is 0 Å². The third-order valence-corrected chi connectivity index (χ3v) is 1.99. The first kappa shape index (κ1) is 7.36. The van der Waals surface area contributed by atoms with Gasteiger partial charge in [0.1, 0.15) is 11.8 Å². The van der Waals surface area contributed by atoms with E-state index in [4.69, 9.17) is 11.6 Å². The first-order valence-electron chi connectivity index (χ1n) is 3.38. The van der Waals surface area contributed by atoms with Gasteiger partial charge in [-0.15, -0.1) is 0 Å². The fourth-order valence-electron chi connectivity index (χ4n) is 1.05. The Morgan fingerprint density at radius 2 is 2.33 bits per heavy atom. The molecule has 0 aliphatic heterocycles. The number of hydrogen-bond donors (Lipinski definition) is 0. The fraction of sp³-hybridized carbons (Fsp3) is 0.143. The summed E-state index contributed by atoms with van der Waals surface area (Å²) in [6.07, 6.45) is 3.10. The molecule has 0 unspecified atom stereocenters. The second-order valence-corrected chi connectivity index (χ2v) is 2.91. The molecule has 0 aliphatic carbocycles. The van der Waals surface area contributed by atoms with Crippen LogP contribution in [0.2, 0.25) is 5.02 Å². The number of aromatic nitrogens is 3. The van der Waals surface area contributed by atoms with Crippen LogP contribution in [0.25, 0.3) is 5.52 Å². The fourth-order valence-corrected chi connectivity index (χ4v) is 1.27. The van der Waals surface area contributed by atoms with Gasteiger partial charge in [-0.3, -0.25) is 9.36 Å². The van der Waals surface area contributed by atoms with Crippen molar-refractivity contribution in [3.63, 3.8) is 0 Å². The van der Waals surface area contributed by atoms with Crippen molar-refractivity contribution in [3.8, 4) is 0 Å². The first-order chi connectivity index (χ1) is 5.70. The second-order valence-electron chi connectivity index (χ2n) is 2.50. The molecule has 2 aromatic rings. The molecule has 0 amide bonds. The molecule has 0 bridgehead atoms. The average Bonchev–Trinajstić information content (AvgIpc) is 2.41. The highest BCUT2D eigenvalue weighted by Crippen LogP contribution is 2.12. The Hall–Kier alpha value is -1.29. The number of hydrogen-bond acceptors (Lipinski definition) is 2. The van der Waals surface area contributed by atoms with Crippen molar-refractivity contribution in [2.24, 2.45) is 7.05 Å². The van der Waals surface area contributed by atoms with E-state index in [0.29, 0.717) is 10.5 Å². The molecule has 0 saturated heterocycles. The molecule has 5 heteroatoms. The van der Waals surface area contributed by atoms with E-state index in [1.807, 2.05) is 0 Å². The number of fused-ring (bicyclic) bond motifs is 1. The minimum Gasteiger partial charge on any atom is -0.299 e. The molecule has 62 valence electrons. The summed E-state index contributed by atoms with van der Waals surface area (Å²) < 4.78 is 2.85. The minimum absolute atomic E-state index is 0.139. The molecular weight excluding hydrogens is 178 g/mol. The van der Waals surface area contributed by atoms with Crippen molar-refractivity contribution in [1.29, 1.82) is 0 Å². The zero-order valence-electron chi connectivity index (χ0n) is 6.36. The van der Waals surface area contributed by atoms with Crippen molar-refractivity contribution in [1.82, 2.24) is 14.2 Å². The van der Waals surface area contributed by atoms with E-state index in [1.54, 1.807) is 19.3 Å². The lowest BCUT2D eigenvalue weighted by Gasteiger charge is -1.96. The summed E-state index contributed by atoms with van der Waals surface area (Å²) in [7, 11) is 1.64. The molecule has 0 aliphatic rings. The number of aryl methyl sites for hydroxylation is 1. The number of nitrogens with zero attached hydrogens (tertiary/aromatic N) is 3. The van der Waals surface area contributed by atoms with Crippen molar-refractivity contribution in [3.05, 3.63) is 34.0 Å². The van der Waals surface area contributed by atoms with Crippen LogP contribution >= 0.6 is 11.6 Å². The van der Waals surface area contributed by atoms with Crippen molar-refractivity contribution in [2.75, 3.05) is 0 Å². The summed E-state index contributed by atoms with van der Waals surface area (Å²) in [5, 5.41) is 4.39. The van der Waals surface area contributed by atoms with E-state index in [0.717, 1.165) is 0 Å². The van der Waals surface area contributed by atoms with Gasteiger partial charge in [0.05, 0.1) is 5.02 Å². The second kappa shape index (κ2) is 2.35. The van der Waals surface area contributed by atoms with Gasteiger partial charge in [0.2, 0.25) is 0 Å². The molecular formula is C7H6ClN3O. The maximum absolute atomic E-state index is 11.4. The van der Waals surface area contributed by atoms with Crippen LogP contribution in [0.4, 0.5) is 0 Å². The van der Waals surface area contributed by atoms with Crippen LogP contribution in [0.3, 0.4) is 0 Å². The predicted molar refractivity (Wildman–Crippen MR) is 45.4 cm³/mol. The highest BCUT2D eigenvalue weighted by Gasteiger charge is 2.05. The molecule has 0 fully saturated rings. The Labute approximate surface area is 73.0 Å². The summed E-state index contributed by atoms with van der Waals surface area (Å²) in [5.74, 6) is 0. The molecule has 2 heterocycles. The Balaban J connectivity index is 3.06. The summed E-state index contributed by atoms with van der Waals surface area (Å²) in [6.45, 7) is 0. The zero-order chi connectivity index (χ0) is 8.72. The van der Waals surface area contributed by atoms with Gasteiger partial charge >= 0.3 is 0 Å². The topological polar surface area (TPSA) is 39.3 Å². The number of halogens is 1. The molecule has 0 N–H and O–H groups in total. The van der Waals surface area contributed by atoms with Crippen molar-refractivity contribution < 1.29 is 0 Å². The molecule has 2 aromatic heterocycles. The average molecular weight is 184 g/mol. The van der Waals surface area contributed by atoms with Crippen LogP contribution < -0.4 is 5.56 Å². The Bertz CT molecular complexity index is 485.